The molecule has 2 rings (SSSR count). The first kappa shape index (κ1) is 12.2. The molecule has 2 nitrogen and oxygen atoms in total. The Labute approximate surface area is 113 Å². The summed E-state index contributed by atoms with van der Waals surface area (Å²) in [6.07, 6.45) is 0. The van der Waals surface area contributed by atoms with E-state index in [2.05, 4.69) is 22.6 Å². The molecular weight excluding hydrogens is 332 g/mol. The molecule has 0 radical (unpaired) electrons. The lowest BCUT2D eigenvalue weighted by molar-refractivity contribution is 0.300. The maximum absolute atomic E-state index is 13.5. The second-order valence-electron chi connectivity index (χ2n) is 3.59. The Kier molecular flexibility index (Phi) is 3.83. The van der Waals surface area contributed by atoms with Gasteiger partial charge in [0.15, 0.2) is 0 Å². The Bertz CT molecular complexity index is 513. The van der Waals surface area contributed by atoms with Crippen molar-refractivity contribution in [2.45, 2.75) is 6.61 Å². The van der Waals surface area contributed by atoms with Crippen LogP contribution in [0, 0.1) is 9.39 Å². The number of benzene rings is 2. The highest BCUT2D eigenvalue weighted by Crippen LogP contribution is 2.17. The molecule has 0 aromatic heterocycles. The van der Waals surface area contributed by atoms with Gasteiger partial charge in [-0.2, -0.15) is 0 Å². The lowest BCUT2D eigenvalue weighted by Gasteiger charge is -2.07. The van der Waals surface area contributed by atoms with E-state index >= 15 is 0 Å². The van der Waals surface area contributed by atoms with E-state index in [0.717, 1.165) is 9.32 Å². The van der Waals surface area contributed by atoms with Crippen molar-refractivity contribution >= 4 is 28.3 Å². The number of nitrogens with two attached hydrogens (primary N) is 1. The summed E-state index contributed by atoms with van der Waals surface area (Å²) in [4.78, 5) is 0. The van der Waals surface area contributed by atoms with Crippen LogP contribution in [0.2, 0.25) is 0 Å². The number of hydrogen-bond donors (Lipinski definition) is 1. The van der Waals surface area contributed by atoms with Crippen LogP contribution in [0.3, 0.4) is 0 Å². The third-order valence-electron chi connectivity index (χ3n) is 2.29. The second kappa shape index (κ2) is 5.35. The Morgan fingerprint density at radius 3 is 2.47 bits per heavy atom. The standard InChI is InChI=1S/C13H11FINO/c14-13-7-11(16)4-1-9(13)8-17-12-5-2-10(15)3-6-12/h1-7H,8,16H2. The summed E-state index contributed by atoms with van der Waals surface area (Å²) in [5.41, 5.74) is 6.38. The molecule has 2 N–H and O–H groups in total. The highest BCUT2D eigenvalue weighted by atomic mass is 127. The number of hydrogen-bond acceptors (Lipinski definition) is 2. The quantitative estimate of drug-likeness (QED) is 0.683. The van der Waals surface area contributed by atoms with Crippen LogP contribution < -0.4 is 10.5 Å². The van der Waals surface area contributed by atoms with E-state index in [-0.39, 0.29) is 12.4 Å². The van der Waals surface area contributed by atoms with Gasteiger partial charge in [-0.3, -0.25) is 0 Å². The van der Waals surface area contributed by atoms with Crippen molar-refractivity contribution in [2.75, 3.05) is 5.73 Å². The van der Waals surface area contributed by atoms with Crippen LogP contribution in [-0.4, -0.2) is 0 Å². The molecule has 0 saturated carbocycles. The summed E-state index contributed by atoms with van der Waals surface area (Å²) >= 11 is 2.22. The van der Waals surface area contributed by atoms with Gasteiger partial charge in [-0.15, -0.1) is 0 Å². The number of ether oxygens (including phenoxy) is 1. The number of nitrogen functional groups attached to an aromatic ring is 1. The van der Waals surface area contributed by atoms with Crippen LogP contribution in [0.5, 0.6) is 5.75 Å². The molecule has 0 aliphatic heterocycles. The Balaban J connectivity index is 2.04. The van der Waals surface area contributed by atoms with Gasteiger partial charge in [0.05, 0.1) is 0 Å². The van der Waals surface area contributed by atoms with Crippen LogP contribution in [0.25, 0.3) is 0 Å². The van der Waals surface area contributed by atoms with Gasteiger partial charge in [0.25, 0.3) is 0 Å². The molecule has 4 heteroatoms. The predicted molar refractivity (Wildman–Crippen MR) is 74.3 cm³/mol. The minimum atomic E-state index is -0.337. The molecule has 0 saturated heterocycles. The SMILES string of the molecule is Nc1ccc(COc2ccc(I)cc2)c(F)c1. The van der Waals surface area contributed by atoms with E-state index in [1.54, 1.807) is 12.1 Å². The van der Waals surface area contributed by atoms with Crippen LogP contribution >= 0.6 is 22.6 Å². The molecule has 17 heavy (non-hydrogen) atoms. The third-order valence-corrected chi connectivity index (χ3v) is 3.00. The van der Waals surface area contributed by atoms with E-state index in [1.807, 2.05) is 24.3 Å². The minimum Gasteiger partial charge on any atom is -0.489 e. The highest BCUT2D eigenvalue weighted by molar-refractivity contribution is 14.1. The minimum absolute atomic E-state index is 0.201. The molecular formula is C13H11FINO. The summed E-state index contributed by atoms with van der Waals surface area (Å²) < 4.78 is 20.1. The van der Waals surface area contributed by atoms with Crippen LogP contribution in [0.1, 0.15) is 5.56 Å². The summed E-state index contributed by atoms with van der Waals surface area (Å²) in [5, 5.41) is 0. The summed E-state index contributed by atoms with van der Waals surface area (Å²) in [6.45, 7) is 0.201. The average molecular weight is 343 g/mol. The molecule has 0 heterocycles. The molecule has 0 aliphatic carbocycles. The zero-order valence-electron chi connectivity index (χ0n) is 8.99. The van der Waals surface area contributed by atoms with Gasteiger partial charge in [0.2, 0.25) is 0 Å². The first-order valence-electron chi connectivity index (χ1n) is 5.07. The summed E-state index contributed by atoms with van der Waals surface area (Å²) in [5.74, 6) is 0.386. The maximum atomic E-state index is 13.5. The molecule has 0 atom stereocenters. The van der Waals surface area contributed by atoms with Crippen molar-refractivity contribution in [2.24, 2.45) is 0 Å². The fourth-order valence-electron chi connectivity index (χ4n) is 1.37. The first-order valence-corrected chi connectivity index (χ1v) is 6.15. The van der Waals surface area contributed by atoms with Crippen molar-refractivity contribution < 1.29 is 9.13 Å². The molecule has 2 aromatic rings. The lowest BCUT2D eigenvalue weighted by Crippen LogP contribution is -1.99. The van der Waals surface area contributed by atoms with Gasteiger partial charge in [0, 0.05) is 14.8 Å². The van der Waals surface area contributed by atoms with Crippen LogP contribution in [0.15, 0.2) is 42.5 Å². The Hall–Kier alpha value is -1.30. The van der Waals surface area contributed by atoms with Gasteiger partial charge in [0.1, 0.15) is 18.2 Å². The molecule has 0 unspecified atom stereocenters. The molecule has 2 aromatic carbocycles. The average Bonchev–Trinajstić information content (AvgIpc) is 2.30. The fraction of sp³-hybridized carbons (Fsp3) is 0.0769. The van der Waals surface area contributed by atoms with Crippen molar-refractivity contribution in [3.05, 3.63) is 57.4 Å². The van der Waals surface area contributed by atoms with Gasteiger partial charge in [-0.25, -0.2) is 4.39 Å². The second-order valence-corrected chi connectivity index (χ2v) is 4.84. The van der Waals surface area contributed by atoms with Gasteiger partial charge in [-0.05, 0) is 59.0 Å². The van der Waals surface area contributed by atoms with Crippen molar-refractivity contribution in [3.8, 4) is 5.75 Å². The van der Waals surface area contributed by atoms with Gasteiger partial charge >= 0.3 is 0 Å². The van der Waals surface area contributed by atoms with Gasteiger partial charge in [-0.1, -0.05) is 6.07 Å². The topological polar surface area (TPSA) is 35.2 Å². The fourth-order valence-corrected chi connectivity index (χ4v) is 1.73. The number of halogens is 2. The zero-order chi connectivity index (χ0) is 12.3. The third kappa shape index (κ3) is 3.33. The smallest absolute Gasteiger partial charge is 0.131 e. The molecule has 0 fully saturated rings. The highest BCUT2D eigenvalue weighted by Gasteiger charge is 2.03. The van der Waals surface area contributed by atoms with E-state index < -0.39 is 0 Å². The molecule has 0 spiro atoms. The molecule has 0 amide bonds. The van der Waals surface area contributed by atoms with E-state index in [1.165, 1.54) is 6.07 Å². The normalized spacial score (nSPS) is 10.2. The largest absolute Gasteiger partial charge is 0.489 e. The zero-order valence-corrected chi connectivity index (χ0v) is 11.1. The van der Waals surface area contributed by atoms with Crippen LogP contribution in [0.4, 0.5) is 10.1 Å². The number of rotatable bonds is 3. The van der Waals surface area contributed by atoms with Crippen molar-refractivity contribution in [3.63, 3.8) is 0 Å². The molecule has 0 aliphatic rings. The Morgan fingerprint density at radius 1 is 1.12 bits per heavy atom. The summed E-state index contributed by atoms with van der Waals surface area (Å²) in [6, 6.07) is 12.2. The number of anilines is 1. The predicted octanol–water partition coefficient (Wildman–Crippen LogP) is 3.59. The van der Waals surface area contributed by atoms with Crippen molar-refractivity contribution in [1.29, 1.82) is 0 Å². The molecule has 0 bridgehead atoms. The van der Waals surface area contributed by atoms with E-state index in [0.29, 0.717) is 11.3 Å². The summed E-state index contributed by atoms with van der Waals surface area (Å²) in [7, 11) is 0. The Morgan fingerprint density at radius 2 is 1.82 bits per heavy atom. The lowest BCUT2D eigenvalue weighted by atomic mass is 10.2. The monoisotopic (exact) mass is 343 g/mol. The first-order chi connectivity index (χ1) is 8.15. The molecule has 88 valence electrons. The maximum Gasteiger partial charge on any atom is 0.131 e. The van der Waals surface area contributed by atoms with Gasteiger partial charge < -0.3 is 10.5 Å². The van der Waals surface area contributed by atoms with Crippen molar-refractivity contribution in [1.82, 2.24) is 0 Å². The van der Waals surface area contributed by atoms with E-state index in [4.69, 9.17) is 10.5 Å². The van der Waals surface area contributed by atoms with Crippen LogP contribution in [-0.2, 0) is 6.61 Å². The van der Waals surface area contributed by atoms with E-state index in [9.17, 15) is 4.39 Å².